The molecule has 1 N–H and O–H groups in total. The minimum absolute atomic E-state index is 0.465. The number of nitrogens with zero attached hydrogens (tertiary/aromatic N) is 1. The molecule has 0 bridgehead atoms. The summed E-state index contributed by atoms with van der Waals surface area (Å²) in [6.45, 7) is 6.15. The van der Waals surface area contributed by atoms with Crippen molar-refractivity contribution in [1.82, 2.24) is 0 Å². The number of hydrogen-bond acceptors (Lipinski definition) is 3. The maximum Gasteiger partial charge on any atom is 0.122 e. The molecule has 0 aliphatic heterocycles. The van der Waals surface area contributed by atoms with Gasteiger partial charge in [0.15, 0.2) is 0 Å². The zero-order chi connectivity index (χ0) is 15.4. The molecular formula is C18H19NO2. The molecule has 3 heteroatoms. The van der Waals surface area contributed by atoms with Gasteiger partial charge in [-0.3, -0.25) is 0 Å². The van der Waals surface area contributed by atoms with Crippen molar-refractivity contribution in [2.75, 3.05) is 0 Å². The van der Waals surface area contributed by atoms with Gasteiger partial charge < -0.3 is 9.84 Å². The first-order valence-electron chi connectivity index (χ1n) is 6.92. The number of aryl methyl sites for hydroxylation is 2. The zero-order valence-corrected chi connectivity index (χ0v) is 12.6. The van der Waals surface area contributed by atoms with Gasteiger partial charge in [0.05, 0.1) is 17.7 Å². The highest BCUT2D eigenvalue weighted by atomic mass is 16.5. The molecule has 0 spiro atoms. The summed E-state index contributed by atoms with van der Waals surface area (Å²) in [5, 5.41) is 18.4. The monoisotopic (exact) mass is 281 g/mol. The Hall–Kier alpha value is -2.31. The fraction of sp³-hybridized carbons (Fsp3) is 0.278. The van der Waals surface area contributed by atoms with Gasteiger partial charge in [-0.15, -0.1) is 0 Å². The summed E-state index contributed by atoms with van der Waals surface area (Å²) in [4.78, 5) is 0. The summed E-state index contributed by atoms with van der Waals surface area (Å²) in [6.07, 6.45) is -0.474. The van der Waals surface area contributed by atoms with Crippen LogP contribution in [0.15, 0.2) is 36.4 Å². The van der Waals surface area contributed by atoms with E-state index in [0.29, 0.717) is 12.2 Å². The smallest absolute Gasteiger partial charge is 0.122 e. The Bertz CT molecular complexity index is 684. The minimum Gasteiger partial charge on any atom is -0.489 e. The van der Waals surface area contributed by atoms with E-state index in [1.54, 1.807) is 13.0 Å². The summed E-state index contributed by atoms with van der Waals surface area (Å²) in [7, 11) is 0. The Labute approximate surface area is 125 Å². The van der Waals surface area contributed by atoms with Gasteiger partial charge >= 0.3 is 0 Å². The number of hydrogen-bond donors (Lipinski definition) is 1. The van der Waals surface area contributed by atoms with Crippen LogP contribution in [0.4, 0.5) is 0 Å². The SMILES string of the molecule is Cc1cc(C#N)ccc1COc1ccc([C@@H](C)O)cc1C. The standard InChI is InChI=1S/C18H19NO2/c1-12-8-15(10-19)4-5-17(12)11-21-18-7-6-16(14(3)20)9-13(18)2/h4-9,14,20H,11H2,1-3H3/t14-/m1/s1. The number of ether oxygens (including phenoxy) is 1. The molecule has 0 aliphatic carbocycles. The number of aliphatic hydroxyl groups excluding tert-OH is 1. The average Bonchev–Trinajstić information content (AvgIpc) is 2.46. The van der Waals surface area contributed by atoms with Crippen LogP contribution in [0, 0.1) is 25.2 Å². The third kappa shape index (κ3) is 3.62. The second kappa shape index (κ2) is 6.43. The molecule has 108 valence electrons. The molecule has 0 amide bonds. The average molecular weight is 281 g/mol. The molecule has 0 aliphatic rings. The van der Waals surface area contributed by atoms with E-state index in [1.807, 2.05) is 44.2 Å². The molecule has 0 saturated heterocycles. The third-order valence-electron chi connectivity index (χ3n) is 3.54. The molecule has 21 heavy (non-hydrogen) atoms. The molecule has 1 atom stereocenters. The van der Waals surface area contributed by atoms with Crippen LogP contribution >= 0.6 is 0 Å². The fourth-order valence-corrected chi connectivity index (χ4v) is 2.18. The molecule has 0 unspecified atom stereocenters. The van der Waals surface area contributed by atoms with Gasteiger partial charge in [0.25, 0.3) is 0 Å². The van der Waals surface area contributed by atoms with E-state index >= 15 is 0 Å². The molecule has 0 heterocycles. The number of benzene rings is 2. The van der Waals surface area contributed by atoms with E-state index < -0.39 is 6.10 Å². The normalized spacial score (nSPS) is 11.8. The van der Waals surface area contributed by atoms with Gasteiger partial charge in [0.2, 0.25) is 0 Å². The molecule has 0 saturated carbocycles. The zero-order valence-electron chi connectivity index (χ0n) is 12.6. The lowest BCUT2D eigenvalue weighted by molar-refractivity contribution is 0.199. The predicted octanol–water partition coefficient (Wildman–Crippen LogP) is 3.81. The summed E-state index contributed by atoms with van der Waals surface area (Å²) in [5.74, 6) is 0.808. The van der Waals surface area contributed by atoms with Crippen LogP contribution in [0.5, 0.6) is 5.75 Å². The Morgan fingerprint density at radius 2 is 1.90 bits per heavy atom. The van der Waals surface area contributed by atoms with Crippen molar-refractivity contribution in [3.05, 3.63) is 64.2 Å². The maximum atomic E-state index is 9.57. The molecule has 2 rings (SSSR count). The van der Waals surface area contributed by atoms with Gasteiger partial charge in [-0.25, -0.2) is 0 Å². The highest BCUT2D eigenvalue weighted by molar-refractivity contribution is 5.39. The van der Waals surface area contributed by atoms with Crippen LogP contribution in [-0.2, 0) is 6.61 Å². The topological polar surface area (TPSA) is 53.2 Å². The third-order valence-corrected chi connectivity index (χ3v) is 3.54. The van der Waals surface area contributed by atoms with Gasteiger partial charge in [-0.2, -0.15) is 5.26 Å². The van der Waals surface area contributed by atoms with E-state index in [0.717, 1.165) is 28.0 Å². The summed E-state index contributed by atoms with van der Waals surface area (Å²) in [5.41, 5.74) is 4.66. The first-order chi connectivity index (χ1) is 10.0. The van der Waals surface area contributed by atoms with Gasteiger partial charge in [-0.05, 0) is 67.3 Å². The van der Waals surface area contributed by atoms with Crippen LogP contribution in [0.3, 0.4) is 0 Å². The highest BCUT2D eigenvalue weighted by Crippen LogP contribution is 2.24. The molecule has 0 fully saturated rings. The summed E-state index contributed by atoms with van der Waals surface area (Å²) < 4.78 is 5.85. The lowest BCUT2D eigenvalue weighted by Gasteiger charge is -2.13. The summed E-state index contributed by atoms with van der Waals surface area (Å²) in [6, 6.07) is 13.4. The van der Waals surface area contributed by atoms with Crippen LogP contribution < -0.4 is 4.74 Å². The Morgan fingerprint density at radius 1 is 1.14 bits per heavy atom. The van der Waals surface area contributed by atoms with E-state index in [4.69, 9.17) is 10.00 Å². The number of nitriles is 1. The fourth-order valence-electron chi connectivity index (χ4n) is 2.18. The van der Waals surface area contributed by atoms with Crippen molar-refractivity contribution in [3.8, 4) is 11.8 Å². The Balaban J connectivity index is 2.12. The lowest BCUT2D eigenvalue weighted by Crippen LogP contribution is -2.00. The number of rotatable bonds is 4. The lowest BCUT2D eigenvalue weighted by atomic mass is 10.1. The molecule has 2 aromatic carbocycles. The summed E-state index contributed by atoms with van der Waals surface area (Å²) >= 11 is 0. The van der Waals surface area contributed by atoms with Crippen molar-refractivity contribution in [3.63, 3.8) is 0 Å². The van der Waals surface area contributed by atoms with Crippen molar-refractivity contribution < 1.29 is 9.84 Å². The van der Waals surface area contributed by atoms with Crippen LogP contribution in [0.2, 0.25) is 0 Å². The molecule has 2 aromatic rings. The first-order valence-corrected chi connectivity index (χ1v) is 6.92. The van der Waals surface area contributed by atoms with Crippen molar-refractivity contribution in [2.24, 2.45) is 0 Å². The minimum atomic E-state index is -0.474. The van der Waals surface area contributed by atoms with Crippen molar-refractivity contribution >= 4 is 0 Å². The van der Waals surface area contributed by atoms with E-state index in [1.165, 1.54) is 0 Å². The van der Waals surface area contributed by atoms with E-state index in [9.17, 15) is 5.11 Å². The van der Waals surface area contributed by atoms with Gasteiger partial charge in [0, 0.05) is 0 Å². The molecular weight excluding hydrogens is 262 g/mol. The highest BCUT2D eigenvalue weighted by Gasteiger charge is 2.06. The number of aliphatic hydroxyl groups is 1. The maximum absolute atomic E-state index is 9.57. The Kier molecular flexibility index (Phi) is 4.62. The quantitative estimate of drug-likeness (QED) is 0.927. The van der Waals surface area contributed by atoms with Crippen LogP contribution in [-0.4, -0.2) is 5.11 Å². The second-order valence-electron chi connectivity index (χ2n) is 5.24. The van der Waals surface area contributed by atoms with E-state index in [2.05, 4.69) is 6.07 Å². The first kappa shape index (κ1) is 15.1. The van der Waals surface area contributed by atoms with E-state index in [-0.39, 0.29) is 0 Å². The van der Waals surface area contributed by atoms with Crippen LogP contribution in [0.25, 0.3) is 0 Å². The predicted molar refractivity (Wildman–Crippen MR) is 82.0 cm³/mol. The Morgan fingerprint density at radius 3 is 2.48 bits per heavy atom. The molecule has 3 nitrogen and oxygen atoms in total. The molecule has 0 radical (unpaired) electrons. The second-order valence-corrected chi connectivity index (χ2v) is 5.24. The van der Waals surface area contributed by atoms with Gasteiger partial charge in [0.1, 0.15) is 12.4 Å². The van der Waals surface area contributed by atoms with Crippen molar-refractivity contribution in [2.45, 2.75) is 33.5 Å². The largest absolute Gasteiger partial charge is 0.489 e. The van der Waals surface area contributed by atoms with Crippen molar-refractivity contribution in [1.29, 1.82) is 5.26 Å². The van der Waals surface area contributed by atoms with Gasteiger partial charge in [-0.1, -0.05) is 12.1 Å². The van der Waals surface area contributed by atoms with Crippen LogP contribution in [0.1, 0.15) is 40.8 Å². The molecule has 0 aromatic heterocycles.